The zero-order valence-corrected chi connectivity index (χ0v) is 17.0. The second kappa shape index (κ2) is 7.92. The van der Waals surface area contributed by atoms with Crippen LogP contribution in [0.15, 0.2) is 66.7 Å². The maximum Gasteiger partial charge on any atom is 0.272 e. The SMILES string of the molecule is O=C1CCc2cc(NC(=O)c3cc4cc(F)ccc4n3Cc3cccc(F)c3)ccc2N1. The lowest BCUT2D eigenvalue weighted by atomic mass is 10.0. The van der Waals surface area contributed by atoms with Crippen LogP contribution in [0.2, 0.25) is 0 Å². The van der Waals surface area contributed by atoms with E-state index in [1.165, 1.54) is 24.3 Å². The maximum atomic E-state index is 13.8. The zero-order valence-electron chi connectivity index (χ0n) is 17.0. The standard InChI is InChI=1S/C25H19F2N3O2/c26-18-3-1-2-15(10-18)14-30-22-8-5-19(27)11-17(22)13-23(30)25(32)28-20-6-7-21-16(12-20)4-9-24(31)29-21/h1-3,5-8,10-13H,4,9,14H2,(H,28,32)(H,29,31). The van der Waals surface area contributed by atoms with Crippen LogP contribution in [0.1, 0.15) is 28.0 Å². The van der Waals surface area contributed by atoms with Gasteiger partial charge in [0.25, 0.3) is 5.91 Å². The van der Waals surface area contributed by atoms with E-state index in [1.807, 2.05) is 6.07 Å². The van der Waals surface area contributed by atoms with Gasteiger partial charge < -0.3 is 15.2 Å². The third-order valence-electron chi connectivity index (χ3n) is 5.58. The van der Waals surface area contributed by atoms with Crippen LogP contribution in [0.25, 0.3) is 10.9 Å². The number of carbonyl (C=O) groups excluding carboxylic acids is 2. The number of aromatic nitrogens is 1. The first-order valence-corrected chi connectivity index (χ1v) is 10.2. The molecule has 2 amide bonds. The largest absolute Gasteiger partial charge is 0.332 e. The van der Waals surface area contributed by atoms with E-state index in [0.29, 0.717) is 40.7 Å². The van der Waals surface area contributed by atoms with Gasteiger partial charge in [-0.2, -0.15) is 0 Å². The molecule has 32 heavy (non-hydrogen) atoms. The maximum absolute atomic E-state index is 13.8. The molecule has 1 aliphatic heterocycles. The Morgan fingerprint density at radius 2 is 1.81 bits per heavy atom. The third kappa shape index (κ3) is 3.85. The van der Waals surface area contributed by atoms with Gasteiger partial charge in [0.1, 0.15) is 17.3 Å². The van der Waals surface area contributed by atoms with Crippen LogP contribution in [0, 0.1) is 11.6 Å². The quantitative estimate of drug-likeness (QED) is 0.472. The molecule has 0 bridgehead atoms. The average molecular weight is 431 g/mol. The molecule has 0 spiro atoms. The van der Waals surface area contributed by atoms with Crippen LogP contribution in [0.4, 0.5) is 20.2 Å². The van der Waals surface area contributed by atoms with Crippen molar-refractivity contribution in [1.82, 2.24) is 4.57 Å². The molecule has 160 valence electrons. The molecule has 4 aromatic rings. The van der Waals surface area contributed by atoms with Crippen molar-refractivity contribution in [3.63, 3.8) is 0 Å². The lowest BCUT2D eigenvalue weighted by Gasteiger charge is -2.18. The summed E-state index contributed by atoms with van der Waals surface area (Å²) in [6, 6.07) is 17.4. The van der Waals surface area contributed by atoms with Gasteiger partial charge in [-0.25, -0.2) is 8.78 Å². The Kier molecular flexibility index (Phi) is 4.93. The summed E-state index contributed by atoms with van der Waals surface area (Å²) in [5, 5.41) is 6.29. The number of amides is 2. The molecule has 2 N–H and O–H groups in total. The van der Waals surface area contributed by atoms with Gasteiger partial charge >= 0.3 is 0 Å². The highest BCUT2D eigenvalue weighted by molar-refractivity contribution is 6.06. The summed E-state index contributed by atoms with van der Waals surface area (Å²) >= 11 is 0. The molecule has 0 saturated carbocycles. The Morgan fingerprint density at radius 3 is 2.66 bits per heavy atom. The van der Waals surface area contributed by atoms with Crippen LogP contribution in [0.3, 0.4) is 0 Å². The molecule has 0 atom stereocenters. The van der Waals surface area contributed by atoms with Crippen molar-refractivity contribution in [2.75, 3.05) is 10.6 Å². The minimum absolute atomic E-state index is 0.0246. The number of aryl methyl sites for hydroxylation is 1. The number of halogens is 2. The van der Waals surface area contributed by atoms with Crippen molar-refractivity contribution in [2.24, 2.45) is 0 Å². The molecule has 0 fully saturated rings. The third-order valence-corrected chi connectivity index (χ3v) is 5.58. The second-order valence-corrected chi connectivity index (χ2v) is 7.82. The fourth-order valence-electron chi connectivity index (χ4n) is 4.07. The van der Waals surface area contributed by atoms with Crippen LogP contribution >= 0.6 is 0 Å². The molecule has 3 aromatic carbocycles. The van der Waals surface area contributed by atoms with E-state index in [2.05, 4.69) is 10.6 Å². The first kappa shape index (κ1) is 19.9. The number of hydrogen-bond donors (Lipinski definition) is 2. The van der Waals surface area contributed by atoms with Crippen molar-refractivity contribution in [2.45, 2.75) is 19.4 Å². The summed E-state index contributed by atoms with van der Waals surface area (Å²) in [4.78, 5) is 24.8. The molecule has 5 nitrogen and oxygen atoms in total. The molecule has 1 aromatic heterocycles. The van der Waals surface area contributed by atoms with Gasteiger partial charge in [-0.1, -0.05) is 12.1 Å². The van der Waals surface area contributed by atoms with Crippen molar-refractivity contribution >= 4 is 34.1 Å². The summed E-state index contributed by atoms with van der Waals surface area (Å²) in [6.45, 7) is 0.256. The molecule has 2 heterocycles. The number of fused-ring (bicyclic) bond motifs is 2. The first-order chi connectivity index (χ1) is 15.5. The molecule has 0 aliphatic carbocycles. The summed E-state index contributed by atoms with van der Waals surface area (Å²) in [5.41, 5.74) is 3.98. The highest BCUT2D eigenvalue weighted by atomic mass is 19.1. The Balaban J connectivity index is 1.50. The van der Waals surface area contributed by atoms with E-state index in [1.54, 1.807) is 41.0 Å². The second-order valence-electron chi connectivity index (χ2n) is 7.82. The monoisotopic (exact) mass is 431 g/mol. The number of hydrogen-bond acceptors (Lipinski definition) is 2. The number of nitrogens with zero attached hydrogens (tertiary/aromatic N) is 1. The Hall–Kier alpha value is -4.00. The van der Waals surface area contributed by atoms with Gasteiger partial charge in [0.15, 0.2) is 0 Å². The van der Waals surface area contributed by atoms with Crippen LogP contribution in [-0.2, 0) is 17.8 Å². The molecular weight excluding hydrogens is 412 g/mol. The highest BCUT2D eigenvalue weighted by Gasteiger charge is 2.19. The molecule has 0 saturated heterocycles. The van der Waals surface area contributed by atoms with Gasteiger partial charge in [0.2, 0.25) is 5.91 Å². The Morgan fingerprint density at radius 1 is 0.969 bits per heavy atom. The fourth-order valence-corrected chi connectivity index (χ4v) is 4.07. The van der Waals surface area contributed by atoms with E-state index in [0.717, 1.165) is 11.3 Å². The van der Waals surface area contributed by atoms with E-state index in [-0.39, 0.29) is 24.2 Å². The lowest BCUT2D eigenvalue weighted by molar-refractivity contribution is -0.116. The summed E-state index contributed by atoms with van der Waals surface area (Å²) in [7, 11) is 0. The molecule has 0 unspecified atom stereocenters. The predicted octanol–water partition coefficient (Wildman–Crippen LogP) is 5.10. The van der Waals surface area contributed by atoms with E-state index < -0.39 is 5.82 Å². The molecule has 0 radical (unpaired) electrons. The van der Waals surface area contributed by atoms with Gasteiger partial charge in [-0.15, -0.1) is 0 Å². The van der Waals surface area contributed by atoms with Crippen molar-refractivity contribution in [1.29, 1.82) is 0 Å². The molecule has 1 aliphatic rings. The predicted molar refractivity (Wildman–Crippen MR) is 119 cm³/mol. The van der Waals surface area contributed by atoms with Crippen molar-refractivity contribution in [3.8, 4) is 0 Å². The molecular formula is C25H19F2N3O2. The average Bonchev–Trinajstić information content (AvgIpc) is 3.11. The smallest absolute Gasteiger partial charge is 0.272 e. The number of anilines is 2. The zero-order chi connectivity index (χ0) is 22.2. The van der Waals surface area contributed by atoms with Gasteiger partial charge in [0.05, 0.1) is 0 Å². The summed E-state index contributed by atoms with van der Waals surface area (Å²) in [6.07, 6.45) is 1.00. The van der Waals surface area contributed by atoms with Crippen molar-refractivity contribution in [3.05, 3.63) is 95.2 Å². The topological polar surface area (TPSA) is 63.1 Å². The van der Waals surface area contributed by atoms with E-state index in [9.17, 15) is 18.4 Å². The minimum Gasteiger partial charge on any atom is -0.332 e. The number of rotatable bonds is 4. The number of carbonyl (C=O) groups is 2. The van der Waals surface area contributed by atoms with Gasteiger partial charge in [0, 0.05) is 35.2 Å². The van der Waals surface area contributed by atoms with Crippen LogP contribution < -0.4 is 10.6 Å². The van der Waals surface area contributed by atoms with Crippen LogP contribution in [0.5, 0.6) is 0 Å². The van der Waals surface area contributed by atoms with Crippen LogP contribution in [-0.4, -0.2) is 16.4 Å². The molecule has 5 rings (SSSR count). The normalized spacial score (nSPS) is 13.0. The number of benzene rings is 3. The van der Waals surface area contributed by atoms with Gasteiger partial charge in [-0.05, 0) is 72.1 Å². The Labute approximate surface area is 182 Å². The Bertz CT molecular complexity index is 1380. The van der Waals surface area contributed by atoms with Crippen molar-refractivity contribution < 1.29 is 18.4 Å². The summed E-state index contributed by atoms with van der Waals surface area (Å²) < 4.78 is 29.3. The lowest BCUT2D eigenvalue weighted by Crippen LogP contribution is -2.20. The molecule has 7 heteroatoms. The van der Waals surface area contributed by atoms with Gasteiger partial charge in [-0.3, -0.25) is 9.59 Å². The highest BCUT2D eigenvalue weighted by Crippen LogP contribution is 2.27. The van der Waals surface area contributed by atoms with E-state index >= 15 is 0 Å². The number of nitrogens with one attached hydrogen (secondary N) is 2. The fraction of sp³-hybridized carbons (Fsp3) is 0.120. The summed E-state index contributed by atoms with van der Waals surface area (Å²) in [5.74, 6) is -1.15. The first-order valence-electron chi connectivity index (χ1n) is 10.2. The van der Waals surface area contributed by atoms with E-state index in [4.69, 9.17) is 0 Å². The minimum atomic E-state index is -0.399.